The number of amides is 1. The van der Waals surface area contributed by atoms with E-state index in [0.717, 1.165) is 15.2 Å². The van der Waals surface area contributed by atoms with E-state index in [4.69, 9.17) is 9.94 Å². The molecule has 7 heteroatoms. The third kappa shape index (κ3) is 4.48. The number of hydrogen-bond acceptors (Lipinski definition) is 5. The van der Waals surface area contributed by atoms with Crippen molar-refractivity contribution < 1.29 is 19.1 Å². The number of hydroxylamine groups is 2. The first-order valence-electron chi connectivity index (χ1n) is 9.31. The summed E-state index contributed by atoms with van der Waals surface area (Å²) in [6.07, 6.45) is -0.0667. The van der Waals surface area contributed by atoms with Crippen LogP contribution in [0.5, 0.6) is 5.75 Å². The number of halogens is 1. The number of para-hydroxylation sites is 1. The fourth-order valence-electron chi connectivity index (χ4n) is 3.05. The van der Waals surface area contributed by atoms with E-state index in [0.29, 0.717) is 34.1 Å². The fraction of sp³-hybridized carbons (Fsp3) is 0.130. The number of fused-ring (bicyclic) bond motifs is 1. The maximum atomic E-state index is 14.5. The largest absolute Gasteiger partial charge is 0.486 e. The normalized spacial score (nSPS) is 10.9. The quantitative estimate of drug-likeness (QED) is 0.348. The van der Waals surface area contributed by atoms with Gasteiger partial charge in [0.15, 0.2) is 0 Å². The predicted molar refractivity (Wildman–Crippen MR) is 114 cm³/mol. The lowest BCUT2D eigenvalue weighted by Gasteiger charge is -2.10. The highest BCUT2D eigenvalue weighted by molar-refractivity contribution is 7.18. The van der Waals surface area contributed by atoms with Gasteiger partial charge >= 0.3 is 0 Å². The van der Waals surface area contributed by atoms with Crippen LogP contribution >= 0.6 is 11.3 Å². The molecule has 1 N–H and O–H groups in total. The van der Waals surface area contributed by atoms with Gasteiger partial charge in [0.25, 0.3) is 0 Å². The van der Waals surface area contributed by atoms with Crippen LogP contribution in [-0.4, -0.2) is 28.2 Å². The van der Waals surface area contributed by atoms with Gasteiger partial charge < -0.3 is 4.74 Å². The number of carbonyl (C=O) groups is 1. The summed E-state index contributed by atoms with van der Waals surface area (Å²) in [7, 11) is 1.24. The Labute approximate surface area is 176 Å². The van der Waals surface area contributed by atoms with Crippen LogP contribution in [0.15, 0.2) is 66.7 Å². The van der Waals surface area contributed by atoms with Crippen molar-refractivity contribution in [3.05, 3.63) is 83.1 Å². The molecule has 1 heterocycles. The monoisotopic (exact) mass is 422 g/mol. The van der Waals surface area contributed by atoms with E-state index in [1.165, 1.54) is 13.1 Å². The summed E-state index contributed by atoms with van der Waals surface area (Å²) in [5.41, 5.74) is 2.60. The summed E-state index contributed by atoms with van der Waals surface area (Å²) in [6.45, 7) is 0.370. The predicted octanol–water partition coefficient (Wildman–Crippen LogP) is 5.07. The molecule has 3 aromatic carbocycles. The maximum Gasteiger partial charge on any atom is 0.250 e. The molecule has 4 aromatic rings. The average Bonchev–Trinajstić information content (AvgIpc) is 3.16. The second-order valence-corrected chi connectivity index (χ2v) is 7.91. The molecule has 0 atom stereocenters. The van der Waals surface area contributed by atoms with Crippen molar-refractivity contribution in [2.45, 2.75) is 13.0 Å². The number of aromatic nitrogens is 1. The molecular weight excluding hydrogens is 403 g/mol. The van der Waals surface area contributed by atoms with Gasteiger partial charge in [-0.15, -0.1) is 11.3 Å². The second-order valence-electron chi connectivity index (χ2n) is 6.80. The molecule has 0 saturated heterocycles. The fourth-order valence-corrected chi connectivity index (χ4v) is 3.93. The second kappa shape index (κ2) is 8.61. The van der Waals surface area contributed by atoms with Crippen LogP contribution in [0, 0.1) is 5.82 Å². The number of nitrogens with zero attached hydrogens (tertiary/aromatic N) is 2. The maximum absolute atomic E-state index is 14.5. The summed E-state index contributed by atoms with van der Waals surface area (Å²) < 4.78 is 21.5. The summed E-state index contributed by atoms with van der Waals surface area (Å²) in [5, 5.41) is 10.5. The molecule has 0 aliphatic carbocycles. The van der Waals surface area contributed by atoms with Crippen molar-refractivity contribution in [3.8, 4) is 16.9 Å². The topological polar surface area (TPSA) is 62.7 Å². The minimum atomic E-state index is -0.503. The van der Waals surface area contributed by atoms with Crippen molar-refractivity contribution >= 4 is 27.5 Å². The van der Waals surface area contributed by atoms with Gasteiger partial charge in [0.1, 0.15) is 23.2 Å². The molecule has 0 unspecified atom stereocenters. The number of rotatable bonds is 6. The van der Waals surface area contributed by atoms with Crippen LogP contribution in [0.1, 0.15) is 10.6 Å². The van der Waals surface area contributed by atoms with Gasteiger partial charge in [0.2, 0.25) is 5.91 Å². The highest BCUT2D eigenvalue weighted by atomic mass is 32.1. The van der Waals surface area contributed by atoms with Gasteiger partial charge in [-0.1, -0.05) is 36.4 Å². The van der Waals surface area contributed by atoms with Crippen molar-refractivity contribution in [2.75, 3.05) is 7.05 Å². The van der Waals surface area contributed by atoms with E-state index in [1.54, 1.807) is 47.7 Å². The smallest absolute Gasteiger partial charge is 0.250 e. The van der Waals surface area contributed by atoms with Crippen LogP contribution in [0.2, 0.25) is 0 Å². The number of benzene rings is 3. The number of likely N-dealkylation sites (N-methyl/N-ethyl adjacent to an activating group) is 1. The lowest BCUT2D eigenvalue weighted by molar-refractivity contribution is -0.158. The average molecular weight is 422 g/mol. The molecule has 0 saturated carbocycles. The molecule has 0 fully saturated rings. The first-order chi connectivity index (χ1) is 14.5. The molecule has 4 rings (SSSR count). The Hall–Kier alpha value is -3.29. The third-order valence-electron chi connectivity index (χ3n) is 4.62. The standard InChI is InChI=1S/C23H19FN2O3S/c1-26(28)23(27)13-15-6-11-18(19(24)12-15)16-7-9-17(10-8-16)29-14-22-25-20-4-2-3-5-21(20)30-22/h2-12,28H,13-14H2,1H3. The van der Waals surface area contributed by atoms with Gasteiger partial charge in [-0.3, -0.25) is 10.0 Å². The van der Waals surface area contributed by atoms with Gasteiger partial charge in [-0.25, -0.2) is 14.4 Å². The lowest BCUT2D eigenvalue weighted by Crippen LogP contribution is -2.24. The van der Waals surface area contributed by atoms with E-state index in [2.05, 4.69) is 4.98 Å². The van der Waals surface area contributed by atoms with Gasteiger partial charge in [0.05, 0.1) is 16.6 Å². The Bertz CT molecular complexity index is 1160. The Morgan fingerprint density at radius 3 is 2.60 bits per heavy atom. The Morgan fingerprint density at radius 2 is 1.90 bits per heavy atom. The first-order valence-corrected chi connectivity index (χ1v) is 10.1. The zero-order valence-corrected chi connectivity index (χ0v) is 17.0. The zero-order chi connectivity index (χ0) is 21.1. The van der Waals surface area contributed by atoms with Crippen LogP contribution in [-0.2, 0) is 17.8 Å². The summed E-state index contributed by atoms with van der Waals surface area (Å²) in [5.74, 6) is -0.257. The Kier molecular flexibility index (Phi) is 5.74. The van der Waals surface area contributed by atoms with E-state index in [9.17, 15) is 9.18 Å². The molecule has 0 spiro atoms. The molecule has 1 aromatic heterocycles. The minimum absolute atomic E-state index is 0.0667. The van der Waals surface area contributed by atoms with Gasteiger partial charge in [-0.05, 0) is 41.5 Å². The van der Waals surface area contributed by atoms with Crippen LogP contribution in [0.4, 0.5) is 4.39 Å². The van der Waals surface area contributed by atoms with Crippen LogP contribution in [0.25, 0.3) is 21.3 Å². The zero-order valence-electron chi connectivity index (χ0n) is 16.2. The molecule has 1 amide bonds. The van der Waals surface area contributed by atoms with Crippen molar-refractivity contribution in [1.29, 1.82) is 0 Å². The SMILES string of the molecule is CN(O)C(=O)Cc1ccc(-c2ccc(OCc3nc4ccccc4s3)cc2)c(F)c1. The molecule has 0 aliphatic rings. The Morgan fingerprint density at radius 1 is 1.13 bits per heavy atom. The van der Waals surface area contributed by atoms with E-state index in [-0.39, 0.29) is 6.42 Å². The minimum Gasteiger partial charge on any atom is -0.486 e. The van der Waals surface area contributed by atoms with Crippen molar-refractivity contribution in [3.63, 3.8) is 0 Å². The van der Waals surface area contributed by atoms with E-state index < -0.39 is 11.7 Å². The van der Waals surface area contributed by atoms with Crippen molar-refractivity contribution in [1.82, 2.24) is 10.0 Å². The first kappa shape index (κ1) is 20.0. The Balaban J connectivity index is 1.43. The summed E-state index contributed by atoms with van der Waals surface area (Å²) >= 11 is 1.60. The van der Waals surface area contributed by atoms with Crippen LogP contribution in [0.3, 0.4) is 0 Å². The lowest BCUT2D eigenvalue weighted by atomic mass is 10.0. The highest BCUT2D eigenvalue weighted by Gasteiger charge is 2.11. The highest BCUT2D eigenvalue weighted by Crippen LogP contribution is 2.27. The summed E-state index contributed by atoms with van der Waals surface area (Å²) in [6, 6.07) is 19.7. The van der Waals surface area contributed by atoms with Crippen LogP contribution < -0.4 is 4.74 Å². The summed E-state index contributed by atoms with van der Waals surface area (Å²) in [4.78, 5) is 16.1. The molecule has 0 aliphatic heterocycles. The molecule has 0 radical (unpaired) electrons. The third-order valence-corrected chi connectivity index (χ3v) is 5.63. The molecule has 152 valence electrons. The number of thiazole rings is 1. The van der Waals surface area contributed by atoms with Gasteiger partial charge in [0, 0.05) is 12.6 Å². The number of ether oxygens (including phenoxy) is 1. The van der Waals surface area contributed by atoms with Crippen molar-refractivity contribution in [2.24, 2.45) is 0 Å². The number of hydrogen-bond donors (Lipinski definition) is 1. The number of carbonyl (C=O) groups excluding carboxylic acids is 1. The van der Waals surface area contributed by atoms with E-state index >= 15 is 0 Å². The molecular formula is C23H19FN2O3S. The van der Waals surface area contributed by atoms with E-state index in [1.807, 2.05) is 24.3 Å². The molecule has 5 nitrogen and oxygen atoms in total. The molecule has 30 heavy (non-hydrogen) atoms. The van der Waals surface area contributed by atoms with Gasteiger partial charge in [-0.2, -0.15) is 0 Å². The molecule has 0 bridgehead atoms.